The van der Waals surface area contributed by atoms with Crippen LogP contribution in [0.3, 0.4) is 0 Å². The Morgan fingerprint density at radius 1 is 1.19 bits per heavy atom. The van der Waals surface area contributed by atoms with Gasteiger partial charge >= 0.3 is 6.18 Å². The van der Waals surface area contributed by atoms with E-state index in [0.29, 0.717) is 22.8 Å². The molecule has 0 saturated carbocycles. The highest BCUT2D eigenvalue weighted by molar-refractivity contribution is 7.89. The second-order valence-corrected chi connectivity index (χ2v) is 7.95. The van der Waals surface area contributed by atoms with E-state index in [1.807, 2.05) is 0 Å². The number of rotatable bonds is 2. The molecule has 1 atom stereocenters. The van der Waals surface area contributed by atoms with Gasteiger partial charge in [0.15, 0.2) is 6.17 Å². The van der Waals surface area contributed by atoms with Gasteiger partial charge in [0.1, 0.15) is 4.90 Å². The summed E-state index contributed by atoms with van der Waals surface area (Å²) in [5, 5.41) is 5.33. The molecule has 1 aliphatic heterocycles. The van der Waals surface area contributed by atoms with Crippen molar-refractivity contribution in [2.45, 2.75) is 24.2 Å². The molecule has 3 N–H and O–H groups in total. The molecule has 2 aromatic carbocycles. The van der Waals surface area contributed by atoms with E-state index in [9.17, 15) is 26.4 Å². The highest BCUT2D eigenvalue weighted by Crippen LogP contribution is 2.35. The van der Waals surface area contributed by atoms with Gasteiger partial charge < -0.3 is 10.6 Å². The maximum atomic E-state index is 12.9. The molecule has 0 spiro atoms. The van der Waals surface area contributed by atoms with E-state index >= 15 is 0 Å². The van der Waals surface area contributed by atoms with Crippen LogP contribution >= 0.6 is 11.6 Å². The Labute approximate surface area is 157 Å². The first kappa shape index (κ1) is 19.5. The van der Waals surface area contributed by atoms with Crippen LogP contribution in [0.25, 0.3) is 0 Å². The van der Waals surface area contributed by atoms with Gasteiger partial charge in [-0.15, -0.1) is 0 Å². The fourth-order valence-corrected chi connectivity index (χ4v) is 3.90. The van der Waals surface area contributed by atoms with Gasteiger partial charge in [-0.2, -0.15) is 17.9 Å². The summed E-state index contributed by atoms with van der Waals surface area (Å²) in [5.41, 5.74) is -0.257. The lowest BCUT2D eigenvalue weighted by atomic mass is 10.2. The smallest absolute Gasteiger partial charge is 0.360 e. The van der Waals surface area contributed by atoms with Crippen LogP contribution in [-0.4, -0.2) is 20.5 Å². The molecular formula is C16H13ClF3N3O3S. The monoisotopic (exact) mass is 419 g/mol. The number of anilines is 2. The molecule has 6 nitrogen and oxygen atoms in total. The van der Waals surface area contributed by atoms with E-state index in [1.54, 1.807) is 19.1 Å². The lowest BCUT2D eigenvalue weighted by Crippen LogP contribution is -2.51. The number of aryl methyl sites for hydroxylation is 1. The fraction of sp³-hybridized carbons (Fsp3) is 0.188. The maximum Gasteiger partial charge on any atom is 0.416 e. The van der Waals surface area contributed by atoms with Crippen molar-refractivity contribution in [3.63, 3.8) is 0 Å². The summed E-state index contributed by atoms with van der Waals surface area (Å²) in [7, 11) is -4.17. The minimum atomic E-state index is -4.65. The van der Waals surface area contributed by atoms with E-state index < -0.39 is 33.8 Å². The molecule has 0 radical (unpaired) electrons. The van der Waals surface area contributed by atoms with Gasteiger partial charge in [-0.05, 0) is 42.8 Å². The van der Waals surface area contributed by atoms with E-state index in [-0.39, 0.29) is 10.6 Å². The minimum absolute atomic E-state index is 0.312. The van der Waals surface area contributed by atoms with E-state index in [4.69, 9.17) is 11.6 Å². The zero-order valence-electron chi connectivity index (χ0n) is 13.7. The van der Waals surface area contributed by atoms with Crippen molar-refractivity contribution in [2.24, 2.45) is 0 Å². The number of hydrogen-bond acceptors (Lipinski definition) is 4. The largest absolute Gasteiger partial charge is 0.416 e. The molecule has 0 saturated heterocycles. The zero-order chi connectivity index (χ0) is 20.0. The molecule has 1 aliphatic rings. The number of benzene rings is 2. The first-order chi connectivity index (χ1) is 12.5. The quantitative estimate of drug-likeness (QED) is 0.696. The van der Waals surface area contributed by atoms with Crippen molar-refractivity contribution in [3.8, 4) is 0 Å². The summed E-state index contributed by atoms with van der Waals surface area (Å²) in [6, 6.07) is 6.84. The molecule has 11 heteroatoms. The Hall–Kier alpha value is -2.30. The van der Waals surface area contributed by atoms with Gasteiger partial charge in [-0.1, -0.05) is 17.7 Å². The average Bonchev–Trinajstić information content (AvgIpc) is 2.56. The van der Waals surface area contributed by atoms with Crippen LogP contribution in [-0.2, 0) is 21.0 Å². The zero-order valence-corrected chi connectivity index (χ0v) is 15.3. The van der Waals surface area contributed by atoms with Crippen LogP contribution in [0.1, 0.15) is 11.1 Å². The predicted octanol–water partition coefficient (Wildman–Crippen LogP) is 3.34. The number of sulfonamides is 1. The third-order valence-electron chi connectivity index (χ3n) is 3.87. The number of alkyl halides is 3. The molecule has 0 aromatic heterocycles. The number of amides is 1. The first-order valence-electron chi connectivity index (χ1n) is 7.54. The van der Waals surface area contributed by atoms with Crippen molar-refractivity contribution in [3.05, 3.63) is 52.5 Å². The number of fused-ring (bicyclic) bond motifs is 1. The molecule has 2 aromatic rings. The lowest BCUT2D eigenvalue weighted by molar-refractivity contribution is -0.137. The number of carbonyl (C=O) groups excluding carboxylic acids is 1. The minimum Gasteiger partial charge on any atom is -0.360 e. The van der Waals surface area contributed by atoms with E-state index in [0.717, 1.165) is 11.6 Å². The van der Waals surface area contributed by atoms with Gasteiger partial charge in [0, 0.05) is 10.7 Å². The van der Waals surface area contributed by atoms with Crippen molar-refractivity contribution in [1.29, 1.82) is 0 Å². The number of halogens is 4. The summed E-state index contributed by atoms with van der Waals surface area (Å²) in [5.74, 6) is -0.804. The van der Waals surface area contributed by atoms with Crippen LogP contribution in [0.4, 0.5) is 24.5 Å². The normalized spacial score (nSPS) is 18.3. The van der Waals surface area contributed by atoms with Gasteiger partial charge in [0.2, 0.25) is 10.0 Å². The van der Waals surface area contributed by atoms with E-state index in [2.05, 4.69) is 15.4 Å². The molecule has 144 valence electrons. The van der Waals surface area contributed by atoms with Gasteiger partial charge in [-0.3, -0.25) is 4.79 Å². The van der Waals surface area contributed by atoms with Gasteiger partial charge in [0.05, 0.1) is 11.3 Å². The van der Waals surface area contributed by atoms with Gasteiger partial charge in [0.25, 0.3) is 5.91 Å². The molecule has 0 unspecified atom stereocenters. The second-order valence-electron chi connectivity index (χ2n) is 5.86. The standard InChI is InChI=1S/C16H13ClF3N3O3S/c1-8-2-4-10(7-11(8)17)21-15(24)14-22-12-6-9(16(18,19)20)3-5-13(12)27(25,26)23-14/h2-7,14,22-23H,1H3,(H,21,24)/t14-/m0/s1. The third kappa shape index (κ3) is 4.02. The summed E-state index contributed by atoms with van der Waals surface area (Å²) in [4.78, 5) is 12.0. The summed E-state index contributed by atoms with van der Waals surface area (Å²) in [6.45, 7) is 1.76. The topological polar surface area (TPSA) is 87.3 Å². The molecule has 0 fully saturated rings. The average molecular weight is 420 g/mol. The predicted molar refractivity (Wildman–Crippen MR) is 94.0 cm³/mol. The van der Waals surface area contributed by atoms with Crippen molar-refractivity contribution >= 4 is 38.9 Å². The van der Waals surface area contributed by atoms with Crippen LogP contribution in [0.2, 0.25) is 5.02 Å². The molecule has 1 amide bonds. The maximum absolute atomic E-state index is 12.9. The summed E-state index contributed by atoms with van der Waals surface area (Å²) < 4.78 is 65.3. The molecule has 1 heterocycles. The lowest BCUT2D eigenvalue weighted by Gasteiger charge is -2.27. The van der Waals surface area contributed by atoms with Gasteiger partial charge in [-0.25, -0.2) is 8.42 Å². The third-order valence-corrected chi connectivity index (χ3v) is 5.76. The number of nitrogens with one attached hydrogen (secondary N) is 3. The Morgan fingerprint density at radius 2 is 1.89 bits per heavy atom. The number of carbonyl (C=O) groups is 1. The van der Waals surface area contributed by atoms with E-state index in [1.165, 1.54) is 6.07 Å². The van der Waals surface area contributed by atoms with Crippen molar-refractivity contribution < 1.29 is 26.4 Å². The van der Waals surface area contributed by atoms with Crippen molar-refractivity contribution in [1.82, 2.24) is 4.72 Å². The summed E-state index contributed by atoms with van der Waals surface area (Å²) in [6.07, 6.45) is -6.15. The molecule has 3 rings (SSSR count). The molecule has 0 aliphatic carbocycles. The molecular weight excluding hydrogens is 407 g/mol. The van der Waals surface area contributed by atoms with Crippen LogP contribution in [0, 0.1) is 6.92 Å². The fourth-order valence-electron chi connectivity index (χ4n) is 2.46. The summed E-state index contributed by atoms with van der Waals surface area (Å²) >= 11 is 5.97. The second kappa shape index (κ2) is 6.70. The Kier molecular flexibility index (Phi) is 4.83. The molecule has 0 bridgehead atoms. The number of hydrogen-bond donors (Lipinski definition) is 3. The van der Waals surface area contributed by atoms with Crippen molar-refractivity contribution in [2.75, 3.05) is 10.6 Å². The Bertz CT molecular complexity index is 1030. The Balaban J connectivity index is 1.89. The van der Waals surface area contributed by atoms with Crippen LogP contribution in [0.5, 0.6) is 0 Å². The Morgan fingerprint density at radius 3 is 2.52 bits per heavy atom. The SMILES string of the molecule is Cc1ccc(NC(=O)[C@H]2Nc3cc(C(F)(F)F)ccc3S(=O)(=O)N2)cc1Cl. The molecule has 27 heavy (non-hydrogen) atoms. The highest BCUT2D eigenvalue weighted by Gasteiger charge is 2.37. The first-order valence-corrected chi connectivity index (χ1v) is 9.40. The van der Waals surface area contributed by atoms with Crippen LogP contribution in [0.15, 0.2) is 41.3 Å². The van der Waals surface area contributed by atoms with Crippen LogP contribution < -0.4 is 15.4 Å². The highest BCUT2D eigenvalue weighted by atomic mass is 35.5.